The molecule has 0 aromatic carbocycles. The summed E-state index contributed by atoms with van der Waals surface area (Å²) in [6, 6.07) is 0. The zero-order chi connectivity index (χ0) is 7.40. The van der Waals surface area contributed by atoms with Gasteiger partial charge in [-0.25, -0.2) is 0 Å². The van der Waals surface area contributed by atoms with Crippen LogP contribution in [-0.2, 0) is 0 Å². The van der Waals surface area contributed by atoms with Crippen molar-refractivity contribution in [1.29, 1.82) is 0 Å². The Morgan fingerprint density at radius 1 is 1.50 bits per heavy atom. The van der Waals surface area contributed by atoms with Crippen molar-refractivity contribution in [1.82, 2.24) is 4.31 Å². The van der Waals surface area contributed by atoms with Gasteiger partial charge in [-0.05, 0) is 23.4 Å². The van der Waals surface area contributed by atoms with Crippen LogP contribution in [0.4, 0.5) is 0 Å². The second kappa shape index (κ2) is 3.65. The summed E-state index contributed by atoms with van der Waals surface area (Å²) in [7, 11) is 0. The second-order valence-electron chi connectivity index (χ2n) is 1.80. The highest BCUT2D eigenvalue weighted by Crippen LogP contribution is 2.18. The van der Waals surface area contributed by atoms with Gasteiger partial charge in [0.25, 0.3) is 0 Å². The largest absolute Gasteiger partial charge is 0.392 e. The lowest BCUT2D eigenvalue weighted by molar-refractivity contribution is 0.0369. The van der Waals surface area contributed by atoms with Crippen molar-refractivity contribution < 1.29 is 10.2 Å². The first-order valence-electron chi connectivity index (χ1n) is 2.92. The lowest BCUT2D eigenvalue weighted by Crippen LogP contribution is -2.27. The summed E-state index contributed by atoms with van der Waals surface area (Å²) in [5.41, 5.74) is 0. The van der Waals surface area contributed by atoms with Gasteiger partial charge >= 0.3 is 0 Å². The van der Waals surface area contributed by atoms with E-state index in [-0.39, 0.29) is 6.61 Å². The lowest BCUT2D eigenvalue weighted by atomic mass is 10.5. The Morgan fingerprint density at radius 2 is 2.30 bits per heavy atom. The van der Waals surface area contributed by atoms with Crippen LogP contribution >= 0.6 is 11.9 Å². The van der Waals surface area contributed by atoms with Gasteiger partial charge in [0, 0.05) is 6.20 Å². The summed E-state index contributed by atoms with van der Waals surface area (Å²) < 4.78 is 1.57. The molecule has 1 aliphatic rings. The van der Waals surface area contributed by atoms with Crippen molar-refractivity contribution in [2.75, 3.05) is 6.61 Å². The van der Waals surface area contributed by atoms with Crippen molar-refractivity contribution in [2.24, 2.45) is 0 Å². The van der Waals surface area contributed by atoms with Crippen molar-refractivity contribution in [3.05, 3.63) is 23.8 Å². The Kier molecular flexibility index (Phi) is 2.80. The van der Waals surface area contributed by atoms with Crippen LogP contribution in [0.25, 0.3) is 0 Å². The van der Waals surface area contributed by atoms with E-state index >= 15 is 0 Å². The molecule has 0 aliphatic carbocycles. The first kappa shape index (κ1) is 7.65. The molecule has 0 aromatic rings. The monoisotopic (exact) mass is 159 g/mol. The molecule has 0 amide bonds. The fourth-order valence-electron chi connectivity index (χ4n) is 0.570. The summed E-state index contributed by atoms with van der Waals surface area (Å²) in [6.07, 6.45) is 4.58. The maximum Gasteiger partial charge on any atom is 0.159 e. The fourth-order valence-corrected chi connectivity index (χ4v) is 1.22. The standard InChI is InChI=1S/C6H9NO2S/c8-5-6(9)7-3-1-2-4-10-7/h1-4,6,8-9H,5H2. The van der Waals surface area contributed by atoms with Gasteiger partial charge in [0.05, 0.1) is 6.61 Å². The molecule has 1 aliphatic heterocycles. The molecule has 0 fully saturated rings. The SMILES string of the molecule is OCC(O)N1C=CC=CS1. The number of aliphatic hydroxyl groups excluding tert-OH is 2. The molecule has 1 heterocycles. The van der Waals surface area contributed by atoms with Crippen LogP contribution in [0.5, 0.6) is 0 Å². The van der Waals surface area contributed by atoms with Crippen molar-refractivity contribution >= 4 is 11.9 Å². The minimum Gasteiger partial charge on any atom is -0.392 e. The van der Waals surface area contributed by atoms with Crippen molar-refractivity contribution in [3.8, 4) is 0 Å². The highest BCUT2D eigenvalue weighted by molar-refractivity contribution is 8.00. The van der Waals surface area contributed by atoms with E-state index in [1.165, 1.54) is 11.9 Å². The van der Waals surface area contributed by atoms with E-state index in [0.717, 1.165) is 0 Å². The Bertz CT molecular complexity index is 158. The van der Waals surface area contributed by atoms with E-state index in [1.54, 1.807) is 16.6 Å². The maximum absolute atomic E-state index is 9.05. The normalized spacial score (nSPS) is 19.6. The maximum atomic E-state index is 9.05. The van der Waals surface area contributed by atoms with Crippen LogP contribution in [0.2, 0.25) is 0 Å². The smallest absolute Gasteiger partial charge is 0.159 e. The molecule has 3 nitrogen and oxygen atoms in total. The van der Waals surface area contributed by atoms with Crippen LogP contribution in [-0.4, -0.2) is 27.4 Å². The number of allylic oxidation sites excluding steroid dienone is 2. The van der Waals surface area contributed by atoms with Gasteiger partial charge in [0.1, 0.15) is 0 Å². The Labute approximate surface area is 63.8 Å². The van der Waals surface area contributed by atoms with Gasteiger partial charge in [-0.1, -0.05) is 6.08 Å². The predicted octanol–water partition coefficient (Wildman–Crippen LogP) is 0.288. The number of hydrogen-bond donors (Lipinski definition) is 2. The van der Waals surface area contributed by atoms with Crippen LogP contribution in [0.3, 0.4) is 0 Å². The first-order valence-corrected chi connectivity index (χ1v) is 3.75. The molecule has 1 rings (SSSR count). The van der Waals surface area contributed by atoms with E-state index in [9.17, 15) is 0 Å². The molecule has 0 saturated carbocycles. The molecule has 0 aromatic heterocycles. The average Bonchev–Trinajstić information content (AvgIpc) is 2.05. The van der Waals surface area contributed by atoms with Gasteiger partial charge in [-0.15, -0.1) is 0 Å². The molecule has 4 heteroatoms. The van der Waals surface area contributed by atoms with Crippen LogP contribution < -0.4 is 0 Å². The summed E-state index contributed by atoms with van der Waals surface area (Å²) in [5.74, 6) is 0. The third kappa shape index (κ3) is 1.76. The highest BCUT2D eigenvalue weighted by atomic mass is 32.2. The van der Waals surface area contributed by atoms with Gasteiger partial charge < -0.3 is 10.2 Å². The van der Waals surface area contributed by atoms with Gasteiger partial charge in [-0.2, -0.15) is 0 Å². The zero-order valence-corrected chi connectivity index (χ0v) is 6.16. The molecule has 1 unspecified atom stereocenters. The molecule has 56 valence electrons. The minimum absolute atomic E-state index is 0.245. The molecular weight excluding hydrogens is 150 g/mol. The van der Waals surface area contributed by atoms with E-state index in [4.69, 9.17) is 10.2 Å². The van der Waals surface area contributed by atoms with Crippen LogP contribution in [0, 0.1) is 0 Å². The van der Waals surface area contributed by atoms with E-state index < -0.39 is 6.23 Å². The van der Waals surface area contributed by atoms with Crippen molar-refractivity contribution in [2.45, 2.75) is 6.23 Å². The van der Waals surface area contributed by atoms with Gasteiger partial charge in [0.15, 0.2) is 6.23 Å². The predicted molar refractivity (Wildman–Crippen MR) is 40.8 cm³/mol. The third-order valence-electron chi connectivity index (χ3n) is 1.06. The molecule has 0 spiro atoms. The number of hydrogen-bond acceptors (Lipinski definition) is 4. The van der Waals surface area contributed by atoms with Gasteiger partial charge in [0.2, 0.25) is 0 Å². The zero-order valence-electron chi connectivity index (χ0n) is 5.34. The van der Waals surface area contributed by atoms with Gasteiger partial charge in [-0.3, -0.25) is 4.31 Å². The summed E-state index contributed by atoms with van der Waals surface area (Å²) in [4.78, 5) is 0. The molecule has 0 saturated heterocycles. The first-order chi connectivity index (χ1) is 4.84. The highest BCUT2D eigenvalue weighted by Gasteiger charge is 2.10. The van der Waals surface area contributed by atoms with Crippen molar-refractivity contribution in [3.63, 3.8) is 0 Å². The summed E-state index contributed by atoms with van der Waals surface area (Å²) in [6.45, 7) is -0.245. The summed E-state index contributed by atoms with van der Waals surface area (Å²) in [5, 5.41) is 19.4. The van der Waals surface area contributed by atoms with E-state index in [2.05, 4.69) is 0 Å². The number of aliphatic hydroxyl groups is 2. The molecule has 1 atom stereocenters. The lowest BCUT2D eigenvalue weighted by Gasteiger charge is -2.22. The average molecular weight is 159 g/mol. The Morgan fingerprint density at radius 3 is 2.80 bits per heavy atom. The molecule has 2 N–H and O–H groups in total. The molecule has 10 heavy (non-hydrogen) atoms. The minimum atomic E-state index is -0.800. The van der Waals surface area contributed by atoms with E-state index in [0.29, 0.717) is 0 Å². The third-order valence-corrected chi connectivity index (χ3v) is 1.95. The Balaban J connectivity index is 2.42. The topological polar surface area (TPSA) is 43.7 Å². The fraction of sp³-hybridized carbons (Fsp3) is 0.333. The molecule has 0 radical (unpaired) electrons. The number of rotatable bonds is 2. The summed E-state index contributed by atoms with van der Waals surface area (Å²) >= 11 is 1.35. The van der Waals surface area contributed by atoms with Crippen LogP contribution in [0.1, 0.15) is 0 Å². The van der Waals surface area contributed by atoms with Crippen LogP contribution in [0.15, 0.2) is 23.8 Å². The molecular formula is C6H9NO2S. The quantitative estimate of drug-likeness (QED) is 0.568. The molecule has 0 bridgehead atoms. The van der Waals surface area contributed by atoms with E-state index in [1.807, 2.05) is 11.5 Å². The Hall–Kier alpha value is -0.450. The number of nitrogens with zero attached hydrogens (tertiary/aromatic N) is 1. The second-order valence-corrected chi connectivity index (χ2v) is 2.70.